The van der Waals surface area contributed by atoms with Crippen LogP contribution in [-0.2, 0) is 14.4 Å². The smallest absolute Gasteiger partial charge is 0.443 e. The van der Waals surface area contributed by atoms with Crippen molar-refractivity contribution in [1.29, 1.82) is 0 Å². The molecular weight excluding hydrogens is 274 g/mol. The molecule has 1 aliphatic rings. The van der Waals surface area contributed by atoms with E-state index in [2.05, 4.69) is 0 Å². The van der Waals surface area contributed by atoms with Crippen LogP contribution in [0.3, 0.4) is 0 Å². The van der Waals surface area contributed by atoms with Crippen LogP contribution in [0.5, 0.6) is 5.75 Å². The van der Waals surface area contributed by atoms with Crippen molar-refractivity contribution in [1.82, 2.24) is 5.06 Å². The SMILES string of the molecule is COc1ccc(C2CN(C(=O)OC(C)(C)C)OC2=O)cc1. The Morgan fingerprint density at radius 1 is 1.29 bits per heavy atom. The molecule has 21 heavy (non-hydrogen) atoms. The third-order valence-corrected chi connectivity index (χ3v) is 2.95. The molecule has 1 unspecified atom stereocenters. The van der Waals surface area contributed by atoms with Crippen molar-refractivity contribution in [3.63, 3.8) is 0 Å². The molecule has 6 nitrogen and oxygen atoms in total. The van der Waals surface area contributed by atoms with E-state index in [0.29, 0.717) is 5.75 Å². The monoisotopic (exact) mass is 293 g/mol. The summed E-state index contributed by atoms with van der Waals surface area (Å²) in [5, 5.41) is 0.961. The molecule has 114 valence electrons. The lowest BCUT2D eigenvalue weighted by atomic mass is 10.00. The summed E-state index contributed by atoms with van der Waals surface area (Å²) in [7, 11) is 1.57. The Hall–Kier alpha value is -2.24. The highest BCUT2D eigenvalue weighted by Crippen LogP contribution is 2.28. The summed E-state index contributed by atoms with van der Waals surface area (Å²) in [6, 6.07) is 7.09. The summed E-state index contributed by atoms with van der Waals surface area (Å²) < 4.78 is 10.3. The van der Waals surface area contributed by atoms with Gasteiger partial charge in [0.1, 0.15) is 17.3 Å². The van der Waals surface area contributed by atoms with Crippen molar-refractivity contribution in [2.45, 2.75) is 32.3 Å². The number of carbonyl (C=O) groups is 2. The van der Waals surface area contributed by atoms with Gasteiger partial charge < -0.3 is 14.3 Å². The van der Waals surface area contributed by atoms with Crippen LogP contribution in [0.4, 0.5) is 4.79 Å². The van der Waals surface area contributed by atoms with Gasteiger partial charge >= 0.3 is 12.1 Å². The summed E-state index contributed by atoms with van der Waals surface area (Å²) in [5.74, 6) is -0.274. The number of methoxy groups -OCH3 is 1. The second-order valence-corrected chi connectivity index (χ2v) is 5.78. The van der Waals surface area contributed by atoms with E-state index >= 15 is 0 Å². The Balaban J connectivity index is 2.07. The van der Waals surface area contributed by atoms with Gasteiger partial charge in [0, 0.05) is 0 Å². The van der Waals surface area contributed by atoms with E-state index in [9.17, 15) is 9.59 Å². The largest absolute Gasteiger partial charge is 0.497 e. The number of hydroxylamine groups is 2. The zero-order chi connectivity index (χ0) is 15.6. The summed E-state index contributed by atoms with van der Waals surface area (Å²) in [6.07, 6.45) is -0.660. The molecule has 0 saturated carbocycles. The third-order valence-electron chi connectivity index (χ3n) is 2.95. The van der Waals surface area contributed by atoms with Gasteiger partial charge in [-0.25, -0.2) is 9.59 Å². The molecule has 0 N–H and O–H groups in total. The van der Waals surface area contributed by atoms with E-state index < -0.39 is 23.6 Å². The second kappa shape index (κ2) is 5.63. The van der Waals surface area contributed by atoms with Crippen molar-refractivity contribution in [3.05, 3.63) is 29.8 Å². The zero-order valence-corrected chi connectivity index (χ0v) is 12.6. The fourth-order valence-electron chi connectivity index (χ4n) is 1.95. The number of hydrogen-bond donors (Lipinski definition) is 0. The molecule has 0 spiro atoms. The molecule has 1 amide bonds. The predicted octanol–water partition coefficient (Wildman–Crippen LogP) is 2.49. The quantitative estimate of drug-likeness (QED) is 0.838. The summed E-state index contributed by atoms with van der Waals surface area (Å²) in [5.41, 5.74) is 0.133. The number of nitrogens with zero attached hydrogens (tertiary/aromatic N) is 1. The lowest BCUT2D eigenvalue weighted by molar-refractivity contribution is -0.166. The van der Waals surface area contributed by atoms with Gasteiger partial charge in [-0.15, -0.1) is 5.06 Å². The number of benzene rings is 1. The highest BCUT2D eigenvalue weighted by Gasteiger charge is 2.39. The van der Waals surface area contributed by atoms with Crippen molar-refractivity contribution in [2.24, 2.45) is 0 Å². The van der Waals surface area contributed by atoms with Crippen LogP contribution in [0, 0.1) is 0 Å². The Morgan fingerprint density at radius 3 is 2.43 bits per heavy atom. The van der Waals surface area contributed by atoms with Gasteiger partial charge in [-0.1, -0.05) is 12.1 Å². The minimum atomic E-state index is -0.660. The van der Waals surface area contributed by atoms with Crippen molar-refractivity contribution < 1.29 is 23.9 Å². The molecule has 1 heterocycles. The van der Waals surface area contributed by atoms with Crippen LogP contribution in [-0.4, -0.2) is 36.4 Å². The number of rotatable bonds is 2. The Labute approximate surface area is 123 Å². The fourth-order valence-corrected chi connectivity index (χ4v) is 1.95. The Kier molecular flexibility index (Phi) is 4.06. The van der Waals surface area contributed by atoms with Gasteiger partial charge in [0.15, 0.2) is 0 Å². The van der Waals surface area contributed by atoms with Crippen LogP contribution in [0.2, 0.25) is 0 Å². The molecule has 0 bridgehead atoms. The lowest BCUT2D eigenvalue weighted by Gasteiger charge is -2.22. The predicted molar refractivity (Wildman–Crippen MR) is 74.8 cm³/mol. The van der Waals surface area contributed by atoms with Gasteiger partial charge in [-0.05, 0) is 38.5 Å². The molecule has 2 rings (SSSR count). The highest BCUT2D eigenvalue weighted by atomic mass is 16.8. The second-order valence-electron chi connectivity index (χ2n) is 5.78. The van der Waals surface area contributed by atoms with Crippen LogP contribution in [0.15, 0.2) is 24.3 Å². The molecular formula is C15H19NO5. The molecule has 0 radical (unpaired) electrons. The average molecular weight is 293 g/mol. The van der Waals surface area contributed by atoms with E-state index in [1.165, 1.54) is 0 Å². The van der Waals surface area contributed by atoms with E-state index in [4.69, 9.17) is 14.3 Å². The normalized spacial score (nSPS) is 18.4. The third kappa shape index (κ3) is 3.65. The number of carbonyl (C=O) groups excluding carboxylic acids is 2. The van der Waals surface area contributed by atoms with Crippen LogP contribution in [0.25, 0.3) is 0 Å². The Morgan fingerprint density at radius 2 is 1.90 bits per heavy atom. The lowest BCUT2D eigenvalue weighted by Crippen LogP contribution is -2.34. The molecule has 1 atom stereocenters. The van der Waals surface area contributed by atoms with Crippen molar-refractivity contribution in [2.75, 3.05) is 13.7 Å². The first-order valence-electron chi connectivity index (χ1n) is 6.66. The molecule has 1 aliphatic heterocycles. The van der Waals surface area contributed by atoms with Crippen molar-refractivity contribution in [3.8, 4) is 5.75 Å². The zero-order valence-electron chi connectivity index (χ0n) is 12.6. The van der Waals surface area contributed by atoms with Gasteiger partial charge in [0.25, 0.3) is 0 Å². The van der Waals surface area contributed by atoms with Gasteiger partial charge in [0.2, 0.25) is 0 Å². The highest BCUT2D eigenvalue weighted by molar-refractivity contribution is 5.83. The first kappa shape index (κ1) is 15.2. The van der Waals surface area contributed by atoms with Crippen LogP contribution < -0.4 is 4.74 Å². The van der Waals surface area contributed by atoms with Crippen molar-refractivity contribution >= 4 is 12.1 Å². The van der Waals surface area contributed by atoms with Gasteiger partial charge in [-0.2, -0.15) is 0 Å². The molecule has 0 aliphatic carbocycles. The molecule has 6 heteroatoms. The maximum atomic E-state index is 11.9. The molecule has 0 aromatic heterocycles. The van der Waals surface area contributed by atoms with Gasteiger partial charge in [0.05, 0.1) is 13.7 Å². The number of amides is 1. The maximum absolute atomic E-state index is 11.9. The topological polar surface area (TPSA) is 65.1 Å². The first-order valence-corrected chi connectivity index (χ1v) is 6.66. The minimum absolute atomic E-state index is 0.139. The molecule has 1 saturated heterocycles. The first-order chi connectivity index (χ1) is 9.80. The van der Waals surface area contributed by atoms with E-state index in [-0.39, 0.29) is 6.54 Å². The standard InChI is InChI=1S/C15H19NO5/c1-15(2,3)20-14(18)16-9-12(13(17)21-16)10-5-7-11(19-4)8-6-10/h5-8,12H,9H2,1-4H3. The van der Waals surface area contributed by atoms with E-state index in [1.54, 1.807) is 52.1 Å². The summed E-state index contributed by atoms with van der Waals surface area (Å²) in [4.78, 5) is 28.8. The van der Waals surface area contributed by atoms with Crippen LogP contribution in [0.1, 0.15) is 32.3 Å². The average Bonchev–Trinajstić information content (AvgIpc) is 2.79. The number of ether oxygens (including phenoxy) is 2. The minimum Gasteiger partial charge on any atom is -0.497 e. The van der Waals surface area contributed by atoms with Gasteiger partial charge in [-0.3, -0.25) is 0 Å². The number of hydrogen-bond acceptors (Lipinski definition) is 5. The molecule has 1 aromatic rings. The van der Waals surface area contributed by atoms with Crippen LogP contribution >= 0.6 is 0 Å². The summed E-state index contributed by atoms with van der Waals surface area (Å²) >= 11 is 0. The maximum Gasteiger partial charge on any atom is 0.443 e. The molecule has 1 aromatic carbocycles. The fraction of sp³-hybridized carbons (Fsp3) is 0.467. The summed E-state index contributed by atoms with van der Waals surface area (Å²) in [6.45, 7) is 5.40. The van der Waals surface area contributed by atoms with E-state index in [0.717, 1.165) is 10.6 Å². The van der Waals surface area contributed by atoms with E-state index in [1.807, 2.05) is 0 Å². The molecule has 1 fully saturated rings. The Bertz CT molecular complexity index is 532.